The molecule has 92 valence electrons. The third kappa shape index (κ3) is 2.44. The van der Waals surface area contributed by atoms with Crippen LogP contribution in [0.15, 0.2) is 9.37 Å². The molecule has 0 aliphatic carbocycles. The van der Waals surface area contributed by atoms with Crippen molar-refractivity contribution in [3.8, 4) is 0 Å². The Morgan fingerprint density at radius 1 is 1.35 bits per heavy atom. The average molecular weight is 269 g/mol. The van der Waals surface area contributed by atoms with Gasteiger partial charge in [0.25, 0.3) is 0 Å². The highest BCUT2D eigenvalue weighted by molar-refractivity contribution is 8.01. The Bertz CT molecular complexity index is 529. The first-order valence-electron chi connectivity index (χ1n) is 5.29. The summed E-state index contributed by atoms with van der Waals surface area (Å²) < 4.78 is 2.71. The van der Waals surface area contributed by atoms with E-state index in [1.165, 1.54) is 11.8 Å². The van der Waals surface area contributed by atoms with E-state index in [0.29, 0.717) is 5.92 Å². The molecule has 0 amide bonds. The molecule has 0 aliphatic heterocycles. The monoisotopic (exact) mass is 269 g/mol. The molecule has 0 bridgehead atoms. The Kier molecular flexibility index (Phi) is 3.39. The molecule has 0 saturated carbocycles. The Labute approximate surface area is 108 Å². The first-order chi connectivity index (χ1) is 7.99. The molecule has 7 heteroatoms. The Morgan fingerprint density at radius 2 is 2.06 bits per heavy atom. The largest absolute Gasteiger partial charge is 0.395 e. The van der Waals surface area contributed by atoms with Crippen molar-refractivity contribution >= 4 is 28.8 Å². The van der Waals surface area contributed by atoms with Crippen LogP contribution >= 0.6 is 23.1 Å². The van der Waals surface area contributed by atoms with Crippen LogP contribution in [0, 0.1) is 6.92 Å². The molecule has 0 spiro atoms. The summed E-state index contributed by atoms with van der Waals surface area (Å²) in [4.78, 5) is 0. The van der Waals surface area contributed by atoms with E-state index in [-0.39, 0.29) is 0 Å². The molecule has 0 fully saturated rings. The molecule has 5 nitrogen and oxygen atoms in total. The topological polar surface area (TPSA) is 69.6 Å². The van der Waals surface area contributed by atoms with Crippen LogP contribution in [-0.4, -0.2) is 20.0 Å². The van der Waals surface area contributed by atoms with Crippen molar-refractivity contribution in [3.63, 3.8) is 0 Å². The van der Waals surface area contributed by atoms with E-state index in [9.17, 15) is 0 Å². The lowest BCUT2D eigenvalue weighted by Gasteiger charge is -2.01. The fraction of sp³-hybridized carbons (Fsp3) is 0.500. The van der Waals surface area contributed by atoms with Crippen molar-refractivity contribution in [2.45, 2.75) is 36.1 Å². The number of nitrogens with zero attached hydrogens (tertiary/aromatic N) is 4. The highest BCUT2D eigenvalue weighted by Crippen LogP contribution is 2.36. The number of nitrogens with two attached hydrogens (primary N) is 1. The molecule has 0 aliphatic rings. The van der Waals surface area contributed by atoms with Crippen molar-refractivity contribution in [2.24, 2.45) is 7.05 Å². The molecule has 2 N–H and O–H groups in total. The fourth-order valence-corrected chi connectivity index (χ4v) is 3.31. The molecule has 2 heterocycles. The summed E-state index contributed by atoms with van der Waals surface area (Å²) in [7, 11) is 1.90. The van der Waals surface area contributed by atoms with Gasteiger partial charge in [0.2, 0.25) is 0 Å². The minimum Gasteiger partial charge on any atom is -0.395 e. The molecule has 0 saturated heterocycles. The molecule has 0 aromatic carbocycles. The van der Waals surface area contributed by atoms with Gasteiger partial charge in [-0.1, -0.05) is 25.2 Å². The quantitative estimate of drug-likeness (QED) is 0.926. The number of aryl methyl sites for hydroxylation is 2. The van der Waals surface area contributed by atoms with Gasteiger partial charge in [-0.15, -0.1) is 10.2 Å². The van der Waals surface area contributed by atoms with E-state index in [2.05, 4.69) is 29.1 Å². The molecular formula is C10H15N5S2. The van der Waals surface area contributed by atoms with Gasteiger partial charge in [0, 0.05) is 7.05 Å². The van der Waals surface area contributed by atoms with Crippen LogP contribution in [0.1, 0.15) is 30.5 Å². The maximum absolute atomic E-state index is 6.11. The van der Waals surface area contributed by atoms with Gasteiger partial charge in [-0.3, -0.25) is 4.68 Å². The van der Waals surface area contributed by atoms with Gasteiger partial charge in [-0.05, 0) is 24.6 Å². The first-order valence-corrected chi connectivity index (χ1v) is 6.92. The zero-order valence-electron chi connectivity index (χ0n) is 10.3. The van der Waals surface area contributed by atoms with Gasteiger partial charge >= 0.3 is 0 Å². The standard InChI is InChI=1S/C10H15N5S2/c1-5(2)8-7(11)9(15(4)14-8)17-10-13-12-6(3)16-10/h5H,11H2,1-4H3. The lowest BCUT2D eigenvalue weighted by molar-refractivity contribution is 0.670. The Balaban J connectivity index is 2.33. The zero-order chi connectivity index (χ0) is 12.6. The van der Waals surface area contributed by atoms with Crippen LogP contribution in [0.25, 0.3) is 0 Å². The van der Waals surface area contributed by atoms with Crippen LogP contribution in [0.5, 0.6) is 0 Å². The number of hydrogen-bond acceptors (Lipinski definition) is 6. The zero-order valence-corrected chi connectivity index (χ0v) is 11.9. The second kappa shape index (κ2) is 4.66. The van der Waals surface area contributed by atoms with E-state index < -0.39 is 0 Å². The van der Waals surface area contributed by atoms with E-state index in [0.717, 1.165) is 25.8 Å². The summed E-state index contributed by atoms with van der Waals surface area (Å²) in [5, 5.41) is 14.4. The van der Waals surface area contributed by atoms with Gasteiger partial charge in [-0.2, -0.15) is 5.10 Å². The lowest BCUT2D eigenvalue weighted by Crippen LogP contribution is -1.94. The molecule has 0 unspecified atom stereocenters. The summed E-state index contributed by atoms with van der Waals surface area (Å²) in [6.07, 6.45) is 0. The Morgan fingerprint density at radius 3 is 2.53 bits per heavy atom. The molecule has 17 heavy (non-hydrogen) atoms. The number of rotatable bonds is 3. The number of aromatic nitrogens is 4. The van der Waals surface area contributed by atoms with Crippen molar-refractivity contribution in [3.05, 3.63) is 10.7 Å². The van der Waals surface area contributed by atoms with E-state index in [4.69, 9.17) is 5.73 Å². The molecule has 2 rings (SSSR count). The highest BCUT2D eigenvalue weighted by Gasteiger charge is 2.18. The molecule has 0 atom stereocenters. The van der Waals surface area contributed by atoms with E-state index in [1.54, 1.807) is 11.3 Å². The van der Waals surface area contributed by atoms with Gasteiger partial charge in [0.1, 0.15) is 10.0 Å². The van der Waals surface area contributed by atoms with Gasteiger partial charge in [-0.25, -0.2) is 0 Å². The first kappa shape index (κ1) is 12.4. The molecular weight excluding hydrogens is 254 g/mol. The number of anilines is 1. The predicted molar refractivity (Wildman–Crippen MR) is 70.5 cm³/mol. The normalized spacial score (nSPS) is 11.4. The van der Waals surface area contributed by atoms with Gasteiger partial charge in [0.05, 0.1) is 11.4 Å². The lowest BCUT2D eigenvalue weighted by atomic mass is 10.1. The van der Waals surface area contributed by atoms with Gasteiger partial charge < -0.3 is 5.73 Å². The highest BCUT2D eigenvalue weighted by atomic mass is 32.2. The maximum atomic E-state index is 6.11. The number of hydrogen-bond donors (Lipinski definition) is 1. The van der Waals surface area contributed by atoms with Crippen LogP contribution in [0.2, 0.25) is 0 Å². The smallest absolute Gasteiger partial charge is 0.180 e. The summed E-state index contributed by atoms with van der Waals surface area (Å²) in [6.45, 7) is 6.11. The summed E-state index contributed by atoms with van der Waals surface area (Å²) in [5.74, 6) is 0.326. The summed E-state index contributed by atoms with van der Waals surface area (Å²) in [5.41, 5.74) is 7.80. The SMILES string of the molecule is Cc1nnc(Sc2c(N)c(C(C)C)nn2C)s1. The van der Waals surface area contributed by atoms with Gasteiger partial charge in [0.15, 0.2) is 4.34 Å². The predicted octanol–water partition coefficient (Wildman–Crippen LogP) is 2.44. The van der Waals surface area contributed by atoms with Crippen LogP contribution in [0.4, 0.5) is 5.69 Å². The van der Waals surface area contributed by atoms with Crippen molar-refractivity contribution < 1.29 is 0 Å². The minimum absolute atomic E-state index is 0.326. The average Bonchev–Trinajstić information content (AvgIpc) is 2.77. The third-order valence-electron chi connectivity index (χ3n) is 2.30. The van der Waals surface area contributed by atoms with Crippen LogP contribution < -0.4 is 5.73 Å². The summed E-state index contributed by atoms with van der Waals surface area (Å²) in [6, 6.07) is 0. The van der Waals surface area contributed by atoms with E-state index >= 15 is 0 Å². The molecule has 2 aromatic heterocycles. The van der Waals surface area contributed by atoms with Crippen molar-refractivity contribution in [2.75, 3.05) is 5.73 Å². The molecule has 0 radical (unpaired) electrons. The van der Waals surface area contributed by atoms with Crippen molar-refractivity contribution in [1.29, 1.82) is 0 Å². The fourth-order valence-electron chi connectivity index (χ4n) is 1.49. The molecule has 2 aromatic rings. The van der Waals surface area contributed by atoms with Crippen LogP contribution in [-0.2, 0) is 7.05 Å². The maximum Gasteiger partial charge on any atom is 0.180 e. The summed E-state index contributed by atoms with van der Waals surface area (Å²) >= 11 is 3.08. The number of nitrogen functional groups attached to an aromatic ring is 1. The van der Waals surface area contributed by atoms with Crippen LogP contribution in [0.3, 0.4) is 0 Å². The minimum atomic E-state index is 0.326. The second-order valence-corrected chi connectivity index (χ2v) is 6.49. The third-order valence-corrected chi connectivity index (χ3v) is 4.36. The second-order valence-electron chi connectivity index (χ2n) is 4.07. The van der Waals surface area contributed by atoms with Crippen molar-refractivity contribution in [1.82, 2.24) is 20.0 Å². The van der Waals surface area contributed by atoms with E-state index in [1.807, 2.05) is 18.7 Å². The Hall–Kier alpha value is -1.08.